The highest BCUT2D eigenvalue weighted by Crippen LogP contribution is 2.42. The molecule has 3 aromatic carbocycles. The van der Waals surface area contributed by atoms with Gasteiger partial charge in [0.15, 0.2) is 6.10 Å². The third-order valence-corrected chi connectivity index (χ3v) is 8.73. The van der Waals surface area contributed by atoms with E-state index in [1.165, 1.54) is 16.7 Å². The van der Waals surface area contributed by atoms with E-state index in [0.717, 1.165) is 5.56 Å². The number of aliphatic hydroxyl groups excluding tert-OH is 1. The van der Waals surface area contributed by atoms with E-state index in [4.69, 9.17) is 4.74 Å². The molecule has 3 unspecified atom stereocenters. The fraction of sp³-hybridized carbons (Fsp3) is 0.364. The van der Waals surface area contributed by atoms with Crippen LogP contribution in [-0.2, 0) is 27.4 Å². The molecule has 0 spiro atoms. The Morgan fingerprint density at radius 3 is 2.02 bits per heavy atom. The van der Waals surface area contributed by atoms with Crippen molar-refractivity contribution in [2.45, 2.75) is 62.7 Å². The van der Waals surface area contributed by atoms with E-state index >= 15 is 0 Å². The lowest BCUT2D eigenvalue weighted by Crippen LogP contribution is -2.59. The molecule has 1 heterocycles. The topological polar surface area (TPSA) is 108 Å². The largest absolute Gasteiger partial charge is 0.445 e. The Morgan fingerprint density at radius 1 is 0.911 bits per heavy atom. The number of aliphatic hydroxyl groups is 1. The summed E-state index contributed by atoms with van der Waals surface area (Å²) in [7, 11) is 0. The van der Waals surface area contributed by atoms with Gasteiger partial charge in [-0.05, 0) is 29.0 Å². The summed E-state index contributed by atoms with van der Waals surface area (Å²) in [5.41, 5.74) is 1.94. The van der Waals surface area contributed by atoms with Crippen LogP contribution in [0.25, 0.3) is 0 Å². The van der Waals surface area contributed by atoms with Crippen LogP contribution in [0.15, 0.2) is 91.0 Å². The van der Waals surface area contributed by atoms with Crippen LogP contribution in [-0.4, -0.2) is 64.1 Å². The lowest BCUT2D eigenvalue weighted by atomic mass is 9.99. The number of ether oxygens (including phenoxy) is 1. The molecule has 3 amide bonds. The molecule has 5 atom stereocenters. The number of nitrogens with one attached hydrogen (secondary N) is 2. The Hall–Kier alpha value is -4.03. The Kier molecular flexibility index (Phi) is 11.5. The monoisotopic (exact) mass is 643 g/mol. The van der Waals surface area contributed by atoms with Gasteiger partial charge in [0.1, 0.15) is 24.1 Å². The van der Waals surface area contributed by atoms with E-state index in [-0.39, 0.29) is 18.8 Å². The summed E-state index contributed by atoms with van der Waals surface area (Å²) in [6.45, 7) is 3.43. The molecule has 0 radical (unpaired) electrons. The Morgan fingerprint density at radius 2 is 1.47 bits per heavy atom. The van der Waals surface area contributed by atoms with Gasteiger partial charge in [-0.15, -0.1) is 11.8 Å². The van der Waals surface area contributed by atoms with E-state index < -0.39 is 59.6 Å². The quantitative estimate of drug-likeness (QED) is 0.264. The first-order chi connectivity index (χ1) is 21.5. The first kappa shape index (κ1) is 33.9. The van der Waals surface area contributed by atoms with Crippen LogP contribution in [0.1, 0.15) is 35.9 Å². The number of nitrogens with zero attached hydrogens (tertiary/aromatic N) is 1. The van der Waals surface area contributed by atoms with Crippen molar-refractivity contribution in [3.63, 3.8) is 0 Å². The van der Waals surface area contributed by atoms with Gasteiger partial charge >= 0.3 is 12.3 Å². The van der Waals surface area contributed by atoms with Crippen LogP contribution in [0.5, 0.6) is 0 Å². The predicted molar refractivity (Wildman–Crippen MR) is 165 cm³/mol. The summed E-state index contributed by atoms with van der Waals surface area (Å²) in [5, 5.41) is 14.6. The highest BCUT2D eigenvalue weighted by molar-refractivity contribution is 7.99. The maximum absolute atomic E-state index is 14.2. The molecular formula is C33H36F3N3O5S. The van der Waals surface area contributed by atoms with E-state index in [1.807, 2.05) is 6.07 Å². The predicted octanol–water partition coefficient (Wildman–Crippen LogP) is 5.23. The van der Waals surface area contributed by atoms with Crippen LogP contribution in [0.2, 0.25) is 0 Å². The molecule has 1 aliphatic heterocycles. The first-order valence-electron chi connectivity index (χ1n) is 14.5. The number of carbonyl (C=O) groups is 3. The lowest BCUT2D eigenvalue weighted by molar-refractivity contribution is -0.212. The van der Waals surface area contributed by atoms with E-state index in [0.29, 0.717) is 11.1 Å². The normalized spacial score (nSPS) is 18.6. The fourth-order valence-corrected chi connectivity index (χ4v) is 6.47. The molecule has 0 bridgehead atoms. The smallest absolute Gasteiger partial charge is 0.416 e. The van der Waals surface area contributed by atoms with Gasteiger partial charge in [-0.3, -0.25) is 9.59 Å². The number of alkyl carbamates (subject to hydrolysis) is 1. The minimum atomic E-state index is -4.99. The number of halogens is 3. The van der Waals surface area contributed by atoms with Crippen molar-refractivity contribution >= 4 is 29.7 Å². The molecule has 1 fully saturated rings. The van der Waals surface area contributed by atoms with Gasteiger partial charge in [-0.1, -0.05) is 105 Å². The molecule has 4 rings (SSSR count). The van der Waals surface area contributed by atoms with Crippen LogP contribution in [0, 0.1) is 5.92 Å². The SMILES string of the molecule is CC(C)[C@H](NC(=O)OCc1ccccc1)C(=O)N1C(c2ccccc2)SC[C@H]1C(=O)NC(Cc1ccccc1)C(O)C(F)(F)F. The average molecular weight is 644 g/mol. The van der Waals surface area contributed by atoms with Gasteiger partial charge in [0, 0.05) is 5.75 Å². The number of hydrogen-bond acceptors (Lipinski definition) is 6. The zero-order chi connectivity index (χ0) is 32.6. The molecule has 0 aliphatic carbocycles. The molecule has 1 aliphatic rings. The molecule has 3 aromatic rings. The Balaban J connectivity index is 1.58. The van der Waals surface area contributed by atoms with Gasteiger partial charge in [0.25, 0.3) is 0 Å². The molecule has 0 aromatic heterocycles. The molecule has 0 saturated carbocycles. The molecular weight excluding hydrogens is 607 g/mol. The molecule has 240 valence electrons. The van der Waals surface area contributed by atoms with Crippen molar-refractivity contribution in [1.82, 2.24) is 15.5 Å². The summed E-state index contributed by atoms with van der Waals surface area (Å²) in [5.74, 6) is -1.77. The van der Waals surface area contributed by atoms with Crippen molar-refractivity contribution in [2.75, 3.05) is 5.75 Å². The highest BCUT2D eigenvalue weighted by Gasteiger charge is 2.48. The molecule has 3 N–H and O–H groups in total. The van der Waals surface area contributed by atoms with Gasteiger partial charge < -0.3 is 25.4 Å². The van der Waals surface area contributed by atoms with Crippen molar-refractivity contribution in [2.24, 2.45) is 5.92 Å². The summed E-state index contributed by atoms with van der Waals surface area (Å²) >= 11 is 1.28. The second-order valence-electron chi connectivity index (χ2n) is 11.1. The van der Waals surface area contributed by atoms with Crippen molar-refractivity contribution < 1.29 is 37.4 Å². The van der Waals surface area contributed by atoms with Crippen LogP contribution < -0.4 is 10.6 Å². The lowest BCUT2D eigenvalue weighted by Gasteiger charge is -2.35. The minimum absolute atomic E-state index is 0.0206. The van der Waals surface area contributed by atoms with Crippen LogP contribution >= 0.6 is 11.8 Å². The first-order valence-corrected chi connectivity index (χ1v) is 15.6. The third kappa shape index (κ3) is 9.01. The van der Waals surface area contributed by atoms with Gasteiger partial charge in [-0.2, -0.15) is 13.2 Å². The maximum atomic E-state index is 14.2. The molecule has 1 saturated heterocycles. The standard InChI is InChI=1S/C33H36F3N3O5S/c1-21(2)27(38-32(43)44-19-23-14-8-4-9-15-23)30(42)39-26(20-45-31(39)24-16-10-5-11-17-24)29(41)37-25(28(40)33(34,35)36)18-22-12-6-3-7-13-22/h3-17,21,25-28,31,40H,18-20H2,1-2H3,(H,37,41)(H,38,43)/t25?,26-,27-,28?,31?/m0/s1. The second kappa shape index (κ2) is 15.3. The summed E-state index contributed by atoms with van der Waals surface area (Å²) in [4.78, 5) is 42.0. The molecule has 12 heteroatoms. The van der Waals surface area contributed by atoms with Gasteiger partial charge in [0.05, 0.1) is 6.04 Å². The summed E-state index contributed by atoms with van der Waals surface area (Å²) in [6.07, 6.45) is -8.95. The van der Waals surface area contributed by atoms with Crippen molar-refractivity contribution in [3.05, 3.63) is 108 Å². The van der Waals surface area contributed by atoms with Crippen molar-refractivity contribution in [1.29, 1.82) is 0 Å². The summed E-state index contributed by atoms with van der Waals surface area (Å²) < 4.78 is 46.4. The van der Waals surface area contributed by atoms with E-state index in [2.05, 4.69) is 10.6 Å². The van der Waals surface area contributed by atoms with Gasteiger partial charge in [0.2, 0.25) is 11.8 Å². The van der Waals surface area contributed by atoms with Crippen molar-refractivity contribution in [3.8, 4) is 0 Å². The number of amides is 3. The maximum Gasteiger partial charge on any atom is 0.416 e. The number of alkyl halides is 3. The Bertz CT molecular complexity index is 1410. The molecule has 8 nitrogen and oxygen atoms in total. The fourth-order valence-electron chi connectivity index (χ4n) is 5.03. The third-order valence-electron chi connectivity index (χ3n) is 7.40. The number of carbonyl (C=O) groups excluding carboxylic acids is 3. The second-order valence-corrected chi connectivity index (χ2v) is 12.2. The summed E-state index contributed by atoms with van der Waals surface area (Å²) in [6, 6.07) is 22.1. The molecule has 45 heavy (non-hydrogen) atoms. The number of thioether (sulfide) groups is 1. The van der Waals surface area contributed by atoms with Crippen LogP contribution in [0.3, 0.4) is 0 Å². The van der Waals surface area contributed by atoms with E-state index in [1.54, 1.807) is 98.8 Å². The average Bonchev–Trinajstić information content (AvgIpc) is 3.48. The van der Waals surface area contributed by atoms with Gasteiger partial charge in [-0.25, -0.2) is 4.79 Å². The zero-order valence-electron chi connectivity index (χ0n) is 24.8. The van der Waals surface area contributed by atoms with Crippen LogP contribution in [0.4, 0.5) is 18.0 Å². The number of hydrogen-bond donors (Lipinski definition) is 3. The highest BCUT2D eigenvalue weighted by atomic mass is 32.2. The minimum Gasteiger partial charge on any atom is -0.445 e. The Labute approximate surface area is 264 Å². The number of rotatable bonds is 11. The van der Waals surface area contributed by atoms with E-state index in [9.17, 15) is 32.7 Å². The number of benzene rings is 3. The zero-order valence-corrected chi connectivity index (χ0v) is 25.6.